The van der Waals surface area contributed by atoms with Gasteiger partial charge in [-0.05, 0) is 36.2 Å². The van der Waals surface area contributed by atoms with Gasteiger partial charge in [0.15, 0.2) is 9.84 Å². The maximum absolute atomic E-state index is 12.3. The first kappa shape index (κ1) is 23.0. The summed E-state index contributed by atoms with van der Waals surface area (Å²) < 4.78 is 24.6. The highest BCUT2D eigenvalue weighted by Gasteiger charge is 2.22. The van der Waals surface area contributed by atoms with E-state index in [0.29, 0.717) is 11.4 Å². The number of nitrogens with one attached hydrogen (secondary N) is 1. The zero-order valence-electron chi connectivity index (χ0n) is 18.2. The van der Waals surface area contributed by atoms with Crippen LogP contribution in [-0.2, 0) is 9.84 Å². The third-order valence-electron chi connectivity index (χ3n) is 5.85. The Morgan fingerprint density at radius 3 is 2.52 bits per heavy atom. The minimum atomic E-state index is -3.30. The van der Waals surface area contributed by atoms with Gasteiger partial charge in [-0.1, -0.05) is 18.2 Å². The number of hydrogen-bond donors (Lipinski definition) is 1. The van der Waals surface area contributed by atoms with Crippen LogP contribution < -0.4 is 9.80 Å². The molecule has 0 bridgehead atoms. The van der Waals surface area contributed by atoms with E-state index >= 15 is 0 Å². The van der Waals surface area contributed by atoms with Gasteiger partial charge in [-0.3, -0.25) is 5.10 Å². The summed E-state index contributed by atoms with van der Waals surface area (Å²) in [5, 5.41) is 7.90. The predicted octanol–water partition coefficient (Wildman–Crippen LogP) is 3.56. The number of fused-ring (bicyclic) bond motifs is 1. The van der Waals surface area contributed by atoms with E-state index in [0.717, 1.165) is 59.6 Å². The van der Waals surface area contributed by atoms with Crippen LogP contribution >= 0.6 is 12.4 Å². The second kappa shape index (κ2) is 9.36. The highest BCUT2D eigenvalue weighted by molar-refractivity contribution is 7.90. The molecule has 0 spiro atoms. The average Bonchev–Trinajstić information content (AvgIpc) is 3.23. The maximum atomic E-state index is 12.3. The van der Waals surface area contributed by atoms with Crippen LogP contribution in [0.4, 0.5) is 11.5 Å². The Hall–Kier alpha value is -3.17. The summed E-state index contributed by atoms with van der Waals surface area (Å²) in [6, 6.07) is 13.4. The van der Waals surface area contributed by atoms with Gasteiger partial charge in [0.25, 0.3) is 0 Å². The minimum absolute atomic E-state index is 0. The number of benzene rings is 2. The lowest BCUT2D eigenvalue weighted by Crippen LogP contribution is -2.32. The van der Waals surface area contributed by atoms with Gasteiger partial charge in [0.05, 0.1) is 22.3 Å². The van der Waals surface area contributed by atoms with Crippen LogP contribution in [0.1, 0.15) is 6.42 Å². The number of sulfone groups is 1. The Labute approximate surface area is 199 Å². The zero-order chi connectivity index (χ0) is 22.1. The van der Waals surface area contributed by atoms with Crippen molar-refractivity contribution in [3.63, 3.8) is 0 Å². The largest absolute Gasteiger partial charge is 0.369 e. The Morgan fingerprint density at radius 1 is 0.939 bits per heavy atom. The summed E-state index contributed by atoms with van der Waals surface area (Å²) in [4.78, 5) is 13.9. The normalized spacial score (nSPS) is 14.7. The summed E-state index contributed by atoms with van der Waals surface area (Å²) in [6.45, 7) is 3.06. The van der Waals surface area contributed by atoms with Crippen molar-refractivity contribution in [2.45, 2.75) is 11.3 Å². The van der Waals surface area contributed by atoms with Gasteiger partial charge in [0.2, 0.25) is 0 Å². The van der Waals surface area contributed by atoms with E-state index in [2.05, 4.69) is 36.0 Å². The molecule has 0 amide bonds. The molecule has 2 aromatic heterocycles. The van der Waals surface area contributed by atoms with Crippen LogP contribution in [-0.4, -0.2) is 61.0 Å². The molecule has 10 heteroatoms. The molecule has 5 rings (SSSR count). The van der Waals surface area contributed by atoms with E-state index in [1.54, 1.807) is 24.7 Å². The van der Waals surface area contributed by atoms with E-state index in [1.165, 1.54) is 6.26 Å². The number of halogens is 1. The Balaban J connectivity index is 0.00000259. The van der Waals surface area contributed by atoms with E-state index in [-0.39, 0.29) is 12.4 Å². The lowest BCUT2D eigenvalue weighted by molar-refractivity contribution is 0.601. The van der Waals surface area contributed by atoms with Gasteiger partial charge in [-0.2, -0.15) is 5.10 Å². The number of hydrogen-bond acceptors (Lipinski definition) is 7. The average molecular weight is 485 g/mol. The lowest BCUT2D eigenvalue weighted by atomic mass is 10.1. The fraction of sp³-hybridized carbons (Fsp3) is 0.261. The van der Waals surface area contributed by atoms with E-state index in [1.807, 2.05) is 30.5 Å². The van der Waals surface area contributed by atoms with Crippen molar-refractivity contribution in [3.8, 4) is 11.1 Å². The second-order valence-corrected chi connectivity index (χ2v) is 9.97. The van der Waals surface area contributed by atoms with Crippen molar-refractivity contribution < 1.29 is 8.42 Å². The van der Waals surface area contributed by atoms with Gasteiger partial charge in [0, 0.05) is 49.6 Å². The third kappa shape index (κ3) is 4.65. The molecule has 0 atom stereocenters. The highest BCUT2D eigenvalue weighted by Crippen LogP contribution is 2.30. The molecule has 1 N–H and O–H groups in total. The SMILES string of the molecule is CS(=O)(=O)c1ccccc1N1CCCN(c2ncnc3ccc(-c4cn[nH]c4)cc23)CC1.Cl. The van der Waals surface area contributed by atoms with Crippen molar-refractivity contribution in [1.29, 1.82) is 0 Å². The molecule has 33 heavy (non-hydrogen) atoms. The minimum Gasteiger partial charge on any atom is -0.369 e. The highest BCUT2D eigenvalue weighted by atomic mass is 35.5. The van der Waals surface area contributed by atoms with Crippen LogP contribution in [0, 0.1) is 0 Å². The van der Waals surface area contributed by atoms with Gasteiger partial charge in [-0.15, -0.1) is 12.4 Å². The molecular formula is C23H25ClN6O2S. The molecule has 0 aliphatic carbocycles. The molecule has 1 saturated heterocycles. The standard InChI is InChI=1S/C23H24N6O2S.ClH/c1-32(30,31)22-6-3-2-5-21(22)28-9-4-10-29(12-11-28)23-19-13-17(18-14-26-27-15-18)7-8-20(19)24-16-25-23;/h2-3,5-8,13-16H,4,9-12H2,1H3,(H,26,27);1H. The molecule has 172 valence electrons. The fourth-order valence-corrected chi connectivity index (χ4v) is 5.19. The van der Waals surface area contributed by atoms with E-state index < -0.39 is 9.84 Å². The molecular weight excluding hydrogens is 460 g/mol. The molecule has 0 unspecified atom stereocenters. The quantitative estimate of drug-likeness (QED) is 0.473. The molecule has 3 heterocycles. The third-order valence-corrected chi connectivity index (χ3v) is 6.99. The number of H-pyrrole nitrogens is 1. The van der Waals surface area contributed by atoms with Crippen molar-refractivity contribution in [3.05, 3.63) is 61.2 Å². The van der Waals surface area contributed by atoms with Crippen LogP contribution in [0.15, 0.2) is 66.1 Å². The molecule has 0 radical (unpaired) electrons. The molecule has 1 aliphatic rings. The molecule has 2 aromatic carbocycles. The summed E-state index contributed by atoms with van der Waals surface area (Å²) >= 11 is 0. The number of aromatic amines is 1. The van der Waals surface area contributed by atoms with E-state index in [4.69, 9.17) is 0 Å². The number of rotatable bonds is 4. The van der Waals surface area contributed by atoms with Crippen molar-refractivity contribution in [2.75, 3.05) is 42.2 Å². The Bertz CT molecular complexity index is 1360. The molecule has 1 fully saturated rings. The summed E-state index contributed by atoms with van der Waals surface area (Å²) in [5.41, 5.74) is 3.74. The Kier molecular flexibility index (Phi) is 6.53. The van der Waals surface area contributed by atoms with Crippen LogP contribution in [0.3, 0.4) is 0 Å². The first-order chi connectivity index (χ1) is 15.5. The van der Waals surface area contributed by atoms with Gasteiger partial charge >= 0.3 is 0 Å². The van der Waals surface area contributed by atoms with Gasteiger partial charge in [0.1, 0.15) is 12.1 Å². The molecule has 4 aromatic rings. The topological polar surface area (TPSA) is 95.1 Å². The van der Waals surface area contributed by atoms with Crippen molar-refractivity contribution in [1.82, 2.24) is 20.2 Å². The molecule has 1 aliphatic heterocycles. The van der Waals surface area contributed by atoms with Crippen molar-refractivity contribution >= 4 is 44.7 Å². The lowest BCUT2D eigenvalue weighted by Gasteiger charge is -2.26. The van der Waals surface area contributed by atoms with Gasteiger partial charge < -0.3 is 9.80 Å². The summed E-state index contributed by atoms with van der Waals surface area (Å²) in [7, 11) is -3.30. The smallest absolute Gasteiger partial charge is 0.177 e. The van der Waals surface area contributed by atoms with Gasteiger partial charge in [-0.25, -0.2) is 18.4 Å². The first-order valence-corrected chi connectivity index (χ1v) is 12.4. The monoisotopic (exact) mass is 484 g/mol. The van der Waals surface area contributed by atoms with Crippen molar-refractivity contribution in [2.24, 2.45) is 0 Å². The number of para-hydroxylation sites is 1. The van der Waals surface area contributed by atoms with Crippen LogP contribution in [0.5, 0.6) is 0 Å². The fourth-order valence-electron chi connectivity index (χ4n) is 4.29. The Morgan fingerprint density at radius 2 is 1.73 bits per heavy atom. The predicted molar refractivity (Wildman–Crippen MR) is 133 cm³/mol. The summed E-state index contributed by atoms with van der Waals surface area (Å²) in [6.07, 6.45) is 7.43. The molecule has 0 saturated carbocycles. The number of nitrogens with zero attached hydrogens (tertiary/aromatic N) is 5. The summed E-state index contributed by atoms with van der Waals surface area (Å²) in [5.74, 6) is 0.901. The van der Waals surface area contributed by atoms with E-state index in [9.17, 15) is 8.42 Å². The number of aromatic nitrogens is 4. The van der Waals surface area contributed by atoms with Crippen LogP contribution in [0.25, 0.3) is 22.0 Å². The van der Waals surface area contributed by atoms with Crippen LogP contribution in [0.2, 0.25) is 0 Å². The molecule has 8 nitrogen and oxygen atoms in total. The first-order valence-electron chi connectivity index (χ1n) is 10.5. The second-order valence-electron chi connectivity index (χ2n) is 7.98. The number of anilines is 2. The zero-order valence-corrected chi connectivity index (χ0v) is 19.8. The maximum Gasteiger partial charge on any atom is 0.177 e.